The fourth-order valence-corrected chi connectivity index (χ4v) is 3.62. The number of likely N-dealkylation sites (N-methyl/N-ethyl adjacent to an activating group) is 1. The van der Waals surface area contributed by atoms with E-state index in [2.05, 4.69) is 22.5 Å². The Balaban J connectivity index is 0. The van der Waals surface area contributed by atoms with E-state index in [4.69, 9.17) is 0 Å². The van der Waals surface area contributed by atoms with Crippen molar-refractivity contribution in [3.63, 3.8) is 0 Å². The molecule has 0 aromatic rings. The van der Waals surface area contributed by atoms with Gasteiger partial charge in [0.1, 0.15) is 6.54 Å². The number of rotatable bonds is 22. The number of aliphatic carboxylic acids is 2. The molecule has 1 radical (unpaired) electrons. The third-order valence-corrected chi connectivity index (χ3v) is 5.73. The molecular formula is C24H47GdN5O6+3. The predicted molar refractivity (Wildman–Crippen MR) is 135 cm³/mol. The Morgan fingerprint density at radius 3 is 1.78 bits per heavy atom. The van der Waals surface area contributed by atoms with Crippen LogP contribution in [0.1, 0.15) is 65.7 Å². The molecule has 0 aliphatic carbocycles. The van der Waals surface area contributed by atoms with Gasteiger partial charge in [0, 0.05) is 32.7 Å². The number of hydrogen-bond acceptors (Lipinski definition) is 6. The number of hydrogen-bond donors (Lipinski definition) is 4. The SMILES string of the molecule is CCCCCCCCCNC(=O)CN(CCN(CC(=O)O)C(=O)NCCN(CC)CC)CC(=O)O.[Gd+3]. The Bertz CT molecular complexity index is 622. The Kier molecular flexibility index (Phi) is 25.0. The van der Waals surface area contributed by atoms with Crippen LogP contribution < -0.4 is 10.6 Å². The number of carboxylic acids is 2. The van der Waals surface area contributed by atoms with E-state index in [0.29, 0.717) is 19.6 Å². The third kappa shape index (κ3) is 21.1. The standard InChI is InChI=1S/C24H47N5O6.Gd/c1-4-7-8-9-10-11-12-13-25-21(30)18-28(19-22(31)32)16-17-29(20-23(33)34)24(35)26-14-15-27(5-2)6-3;/h4-20H2,1-3H3,(H,25,30)(H,26,35)(H,31,32)(H,33,34);/q;+3. The predicted octanol–water partition coefficient (Wildman–Crippen LogP) is 1.68. The van der Waals surface area contributed by atoms with Crippen molar-refractivity contribution in [3.8, 4) is 0 Å². The second-order valence-corrected chi connectivity index (χ2v) is 8.65. The molecule has 12 heteroatoms. The summed E-state index contributed by atoms with van der Waals surface area (Å²) in [5.41, 5.74) is 0. The number of carbonyl (C=O) groups is 4. The van der Waals surface area contributed by atoms with Gasteiger partial charge >= 0.3 is 57.9 Å². The van der Waals surface area contributed by atoms with E-state index in [0.717, 1.165) is 37.3 Å². The van der Waals surface area contributed by atoms with E-state index >= 15 is 0 Å². The van der Waals surface area contributed by atoms with Crippen molar-refractivity contribution in [2.45, 2.75) is 65.7 Å². The van der Waals surface area contributed by atoms with Gasteiger partial charge in [-0.25, -0.2) is 4.79 Å². The summed E-state index contributed by atoms with van der Waals surface area (Å²) >= 11 is 0. The topological polar surface area (TPSA) is 143 Å². The summed E-state index contributed by atoms with van der Waals surface area (Å²) in [6, 6.07) is -0.529. The van der Waals surface area contributed by atoms with Crippen molar-refractivity contribution < 1.29 is 69.3 Å². The van der Waals surface area contributed by atoms with Crippen LogP contribution in [0.15, 0.2) is 0 Å². The van der Waals surface area contributed by atoms with Crippen LogP contribution in [-0.4, -0.2) is 114 Å². The van der Waals surface area contributed by atoms with E-state index in [1.165, 1.54) is 30.6 Å². The first kappa shape index (κ1) is 37.1. The largest absolute Gasteiger partial charge is 3.00 e. The summed E-state index contributed by atoms with van der Waals surface area (Å²) in [6.07, 6.45) is 7.94. The van der Waals surface area contributed by atoms with Gasteiger partial charge in [-0.2, -0.15) is 0 Å². The smallest absolute Gasteiger partial charge is 0.480 e. The van der Waals surface area contributed by atoms with Crippen molar-refractivity contribution in [2.75, 3.05) is 65.4 Å². The normalized spacial score (nSPS) is 10.7. The molecule has 0 bridgehead atoms. The van der Waals surface area contributed by atoms with E-state index in [1.807, 2.05) is 13.8 Å². The first-order chi connectivity index (χ1) is 16.7. The average molecular weight is 659 g/mol. The van der Waals surface area contributed by atoms with Gasteiger partial charge in [0.15, 0.2) is 0 Å². The Hall–Kier alpha value is -1.08. The molecule has 0 fully saturated rings. The van der Waals surface area contributed by atoms with Crippen LogP contribution in [0.3, 0.4) is 0 Å². The van der Waals surface area contributed by atoms with Gasteiger partial charge in [0.25, 0.3) is 0 Å². The summed E-state index contributed by atoms with van der Waals surface area (Å²) in [4.78, 5) is 51.9. The molecule has 0 atom stereocenters. The van der Waals surface area contributed by atoms with Gasteiger partial charge in [0.05, 0.1) is 13.1 Å². The summed E-state index contributed by atoms with van der Waals surface area (Å²) in [6.45, 7) is 8.48. The molecule has 0 saturated heterocycles. The molecule has 0 spiro atoms. The Labute approximate surface area is 248 Å². The van der Waals surface area contributed by atoms with Crippen molar-refractivity contribution in [2.24, 2.45) is 0 Å². The van der Waals surface area contributed by atoms with Gasteiger partial charge < -0.3 is 30.6 Å². The molecule has 0 aliphatic heterocycles. The van der Waals surface area contributed by atoms with Crippen LogP contribution in [0, 0.1) is 39.9 Å². The second-order valence-electron chi connectivity index (χ2n) is 8.65. The second kappa shape index (κ2) is 24.3. The zero-order valence-electron chi connectivity index (χ0n) is 22.2. The van der Waals surface area contributed by atoms with E-state index in [1.54, 1.807) is 0 Å². The van der Waals surface area contributed by atoms with E-state index in [-0.39, 0.29) is 72.0 Å². The average Bonchev–Trinajstić information content (AvgIpc) is 2.80. The molecule has 36 heavy (non-hydrogen) atoms. The van der Waals surface area contributed by atoms with Gasteiger partial charge in [-0.15, -0.1) is 0 Å². The first-order valence-corrected chi connectivity index (χ1v) is 12.9. The fourth-order valence-electron chi connectivity index (χ4n) is 3.62. The first-order valence-electron chi connectivity index (χ1n) is 12.9. The Morgan fingerprint density at radius 1 is 0.639 bits per heavy atom. The number of nitrogens with zero attached hydrogens (tertiary/aromatic N) is 3. The van der Waals surface area contributed by atoms with Crippen LogP contribution >= 0.6 is 0 Å². The van der Waals surface area contributed by atoms with E-state index < -0.39 is 24.5 Å². The van der Waals surface area contributed by atoms with E-state index in [9.17, 15) is 29.4 Å². The number of urea groups is 1. The molecular weight excluding hydrogens is 612 g/mol. The minimum Gasteiger partial charge on any atom is -0.480 e. The maximum atomic E-state index is 12.5. The van der Waals surface area contributed by atoms with Crippen molar-refractivity contribution in [1.82, 2.24) is 25.3 Å². The van der Waals surface area contributed by atoms with Crippen LogP contribution in [0.2, 0.25) is 0 Å². The zero-order chi connectivity index (χ0) is 26.5. The number of carboxylic acid groups (broad SMARTS) is 2. The van der Waals surface area contributed by atoms with Crippen LogP contribution in [-0.2, 0) is 14.4 Å². The maximum absolute atomic E-state index is 12.5. The number of nitrogens with one attached hydrogen (secondary N) is 2. The molecule has 11 nitrogen and oxygen atoms in total. The van der Waals surface area contributed by atoms with Gasteiger partial charge in [-0.3, -0.25) is 19.3 Å². The molecule has 0 heterocycles. The molecule has 0 aliphatic rings. The van der Waals surface area contributed by atoms with Crippen LogP contribution in [0.4, 0.5) is 4.79 Å². The van der Waals surface area contributed by atoms with Crippen molar-refractivity contribution >= 4 is 23.9 Å². The summed E-state index contributed by atoms with van der Waals surface area (Å²) < 4.78 is 0. The summed E-state index contributed by atoms with van der Waals surface area (Å²) in [7, 11) is 0. The number of amides is 3. The van der Waals surface area contributed by atoms with Gasteiger partial charge in [-0.1, -0.05) is 59.3 Å². The Morgan fingerprint density at radius 2 is 1.22 bits per heavy atom. The monoisotopic (exact) mass is 659 g/mol. The molecule has 3 amide bonds. The molecule has 0 aromatic carbocycles. The number of carbonyl (C=O) groups excluding carboxylic acids is 2. The van der Waals surface area contributed by atoms with Crippen LogP contribution in [0.25, 0.3) is 0 Å². The van der Waals surface area contributed by atoms with Gasteiger partial charge in [0.2, 0.25) is 5.91 Å². The van der Waals surface area contributed by atoms with Gasteiger partial charge in [-0.05, 0) is 19.5 Å². The quantitative estimate of drug-likeness (QED) is 0.129. The molecule has 0 rings (SSSR count). The summed E-state index contributed by atoms with van der Waals surface area (Å²) in [5, 5.41) is 23.9. The number of unbranched alkanes of at least 4 members (excludes halogenated alkanes) is 6. The fraction of sp³-hybridized carbons (Fsp3) is 0.833. The summed E-state index contributed by atoms with van der Waals surface area (Å²) in [5.74, 6) is -2.55. The van der Waals surface area contributed by atoms with Crippen LogP contribution in [0.5, 0.6) is 0 Å². The molecule has 4 N–H and O–H groups in total. The molecule has 209 valence electrons. The minimum absolute atomic E-state index is 0. The van der Waals surface area contributed by atoms with Crippen molar-refractivity contribution in [3.05, 3.63) is 0 Å². The third-order valence-electron chi connectivity index (χ3n) is 5.73. The van der Waals surface area contributed by atoms with Crippen molar-refractivity contribution in [1.29, 1.82) is 0 Å². The minimum atomic E-state index is -1.17. The molecule has 0 saturated carbocycles. The molecule has 0 unspecified atom stereocenters. The molecule has 0 aromatic heterocycles. The zero-order valence-corrected chi connectivity index (χ0v) is 24.5. The maximum Gasteiger partial charge on any atom is 3.00 e.